The molecule has 0 amide bonds. The highest BCUT2D eigenvalue weighted by atomic mass is 14.7. The highest BCUT2D eigenvalue weighted by Crippen LogP contribution is 2.30. The van der Waals surface area contributed by atoms with Crippen LogP contribution in [0.5, 0.6) is 0 Å². The molecule has 2 aromatic heterocycles. The van der Waals surface area contributed by atoms with Crippen LogP contribution >= 0.6 is 0 Å². The molecule has 0 spiro atoms. The molecule has 0 aliphatic heterocycles. The van der Waals surface area contributed by atoms with Gasteiger partial charge in [0.25, 0.3) is 0 Å². The van der Waals surface area contributed by atoms with Crippen molar-refractivity contribution in [3.63, 3.8) is 0 Å². The quantitative estimate of drug-likeness (QED) is 0.649. The number of nitrogens with zero attached hydrogens (tertiary/aromatic N) is 1. The van der Waals surface area contributed by atoms with Gasteiger partial charge in [-0.2, -0.15) is 0 Å². The Hall–Kier alpha value is -1.83. The van der Waals surface area contributed by atoms with E-state index in [-0.39, 0.29) is 0 Å². The van der Waals surface area contributed by atoms with Crippen molar-refractivity contribution in [3.05, 3.63) is 42.2 Å². The van der Waals surface area contributed by atoms with Gasteiger partial charge in [0.1, 0.15) is 0 Å². The van der Waals surface area contributed by atoms with E-state index in [0.29, 0.717) is 5.92 Å². The average molecular weight is 210 g/mol. The van der Waals surface area contributed by atoms with Gasteiger partial charge >= 0.3 is 0 Å². The number of hydrogen-bond acceptors (Lipinski definition) is 1. The Balaban J connectivity index is 2.53. The molecule has 0 fully saturated rings. The molecule has 0 aliphatic rings. The Morgan fingerprint density at radius 3 is 2.69 bits per heavy atom. The Bertz CT molecular complexity index is 650. The number of nitrogens with one attached hydrogen (secondary N) is 1. The minimum Gasteiger partial charge on any atom is -0.353 e. The monoisotopic (exact) mass is 210 g/mol. The van der Waals surface area contributed by atoms with Gasteiger partial charge in [-0.1, -0.05) is 32.0 Å². The molecule has 3 aromatic rings. The summed E-state index contributed by atoms with van der Waals surface area (Å²) in [5, 5.41) is 2.62. The van der Waals surface area contributed by atoms with Crippen molar-refractivity contribution in [1.29, 1.82) is 0 Å². The molecule has 0 atom stereocenters. The van der Waals surface area contributed by atoms with Gasteiger partial charge in [-0.05, 0) is 17.5 Å². The van der Waals surface area contributed by atoms with E-state index >= 15 is 0 Å². The van der Waals surface area contributed by atoms with Gasteiger partial charge in [0.15, 0.2) is 0 Å². The molecular weight excluding hydrogens is 196 g/mol. The number of fused-ring (bicyclic) bond motifs is 3. The number of benzene rings is 1. The van der Waals surface area contributed by atoms with E-state index in [1.54, 1.807) is 0 Å². The summed E-state index contributed by atoms with van der Waals surface area (Å²) < 4.78 is 0. The fraction of sp³-hybridized carbons (Fsp3) is 0.214. The maximum absolute atomic E-state index is 4.30. The van der Waals surface area contributed by atoms with Crippen molar-refractivity contribution in [2.75, 3.05) is 0 Å². The molecule has 0 aliphatic carbocycles. The Morgan fingerprint density at radius 2 is 1.88 bits per heavy atom. The first-order valence-electron chi connectivity index (χ1n) is 5.61. The van der Waals surface area contributed by atoms with Crippen LogP contribution in [-0.2, 0) is 0 Å². The number of rotatable bonds is 1. The largest absolute Gasteiger partial charge is 0.353 e. The predicted molar refractivity (Wildman–Crippen MR) is 67.7 cm³/mol. The zero-order chi connectivity index (χ0) is 11.1. The van der Waals surface area contributed by atoms with Crippen molar-refractivity contribution >= 4 is 21.8 Å². The van der Waals surface area contributed by atoms with Crippen molar-refractivity contribution in [1.82, 2.24) is 9.97 Å². The fourth-order valence-electron chi connectivity index (χ4n) is 2.27. The lowest BCUT2D eigenvalue weighted by molar-refractivity contribution is 0.869. The normalized spacial score (nSPS) is 11.7. The summed E-state index contributed by atoms with van der Waals surface area (Å²) in [6, 6.07) is 8.42. The molecular formula is C14H14N2. The SMILES string of the molecule is CC(C)c1cncc2[nH]c3ccccc3c12. The van der Waals surface area contributed by atoms with Crippen molar-refractivity contribution in [2.24, 2.45) is 0 Å². The van der Waals surface area contributed by atoms with Crippen molar-refractivity contribution < 1.29 is 0 Å². The third kappa shape index (κ3) is 1.23. The highest BCUT2D eigenvalue weighted by Gasteiger charge is 2.10. The van der Waals surface area contributed by atoms with Crippen molar-refractivity contribution in [3.8, 4) is 0 Å². The summed E-state index contributed by atoms with van der Waals surface area (Å²) in [4.78, 5) is 7.71. The van der Waals surface area contributed by atoms with E-state index < -0.39 is 0 Å². The first kappa shape index (κ1) is 9.40. The van der Waals surface area contributed by atoms with Crippen LogP contribution in [-0.4, -0.2) is 9.97 Å². The van der Waals surface area contributed by atoms with E-state index in [1.807, 2.05) is 12.4 Å². The number of hydrogen-bond donors (Lipinski definition) is 1. The molecule has 0 saturated carbocycles. The summed E-state index contributed by atoms with van der Waals surface area (Å²) >= 11 is 0. The first-order chi connectivity index (χ1) is 7.77. The van der Waals surface area contributed by atoms with Crippen molar-refractivity contribution in [2.45, 2.75) is 19.8 Å². The minimum absolute atomic E-state index is 0.496. The topological polar surface area (TPSA) is 28.7 Å². The van der Waals surface area contributed by atoms with Crippen LogP contribution < -0.4 is 0 Å². The molecule has 0 saturated heterocycles. The maximum Gasteiger partial charge on any atom is 0.0654 e. The zero-order valence-electron chi connectivity index (χ0n) is 9.49. The van der Waals surface area contributed by atoms with E-state index in [1.165, 1.54) is 21.9 Å². The number of H-pyrrole nitrogens is 1. The van der Waals surface area contributed by atoms with E-state index in [4.69, 9.17) is 0 Å². The van der Waals surface area contributed by atoms with Gasteiger partial charge in [-0.15, -0.1) is 0 Å². The lowest BCUT2D eigenvalue weighted by Gasteiger charge is -2.06. The number of para-hydroxylation sites is 1. The van der Waals surface area contributed by atoms with Gasteiger partial charge in [-0.25, -0.2) is 0 Å². The van der Waals surface area contributed by atoms with Gasteiger partial charge in [0, 0.05) is 22.5 Å². The molecule has 80 valence electrons. The minimum atomic E-state index is 0.496. The summed E-state index contributed by atoms with van der Waals surface area (Å²) in [5.74, 6) is 0.496. The third-order valence-corrected chi connectivity index (χ3v) is 3.06. The van der Waals surface area contributed by atoms with Crippen LogP contribution in [0.25, 0.3) is 21.8 Å². The molecule has 2 heteroatoms. The third-order valence-electron chi connectivity index (χ3n) is 3.06. The lowest BCUT2D eigenvalue weighted by atomic mass is 10.00. The molecule has 16 heavy (non-hydrogen) atoms. The van der Waals surface area contributed by atoms with E-state index in [0.717, 1.165) is 5.52 Å². The molecule has 2 nitrogen and oxygen atoms in total. The Kier molecular flexibility index (Phi) is 1.96. The van der Waals surface area contributed by atoms with Gasteiger partial charge in [0.2, 0.25) is 0 Å². The molecule has 1 N–H and O–H groups in total. The zero-order valence-corrected chi connectivity index (χ0v) is 9.49. The molecule has 2 heterocycles. The van der Waals surface area contributed by atoms with Crippen LogP contribution in [0, 0.1) is 0 Å². The molecule has 0 unspecified atom stereocenters. The van der Waals surface area contributed by atoms with Crippen LogP contribution in [0.4, 0.5) is 0 Å². The smallest absolute Gasteiger partial charge is 0.0654 e. The standard InChI is InChI=1S/C14H14N2/c1-9(2)11-7-15-8-13-14(11)10-5-3-4-6-12(10)16-13/h3-9,16H,1-2H3. The Labute approximate surface area is 94.3 Å². The highest BCUT2D eigenvalue weighted by molar-refractivity contribution is 6.08. The average Bonchev–Trinajstić information content (AvgIpc) is 2.66. The fourth-order valence-corrected chi connectivity index (χ4v) is 2.27. The number of pyridine rings is 1. The van der Waals surface area contributed by atoms with E-state index in [9.17, 15) is 0 Å². The second-order valence-corrected chi connectivity index (χ2v) is 4.48. The first-order valence-corrected chi connectivity index (χ1v) is 5.61. The summed E-state index contributed by atoms with van der Waals surface area (Å²) in [5.41, 5.74) is 3.63. The van der Waals surface area contributed by atoms with Crippen LogP contribution in [0.15, 0.2) is 36.7 Å². The molecule has 0 bridgehead atoms. The van der Waals surface area contributed by atoms with Gasteiger partial charge < -0.3 is 4.98 Å². The van der Waals surface area contributed by atoms with Gasteiger partial charge in [0.05, 0.1) is 11.7 Å². The number of aromatic amines is 1. The van der Waals surface area contributed by atoms with Crippen LogP contribution in [0.1, 0.15) is 25.3 Å². The summed E-state index contributed by atoms with van der Waals surface area (Å²) in [6.45, 7) is 4.41. The second-order valence-electron chi connectivity index (χ2n) is 4.48. The maximum atomic E-state index is 4.30. The van der Waals surface area contributed by atoms with E-state index in [2.05, 4.69) is 48.1 Å². The summed E-state index contributed by atoms with van der Waals surface area (Å²) in [7, 11) is 0. The molecule has 1 aromatic carbocycles. The Morgan fingerprint density at radius 1 is 1.06 bits per heavy atom. The van der Waals surface area contributed by atoms with Gasteiger partial charge in [-0.3, -0.25) is 4.98 Å². The van der Waals surface area contributed by atoms with Crippen LogP contribution in [0.3, 0.4) is 0 Å². The number of aromatic nitrogens is 2. The lowest BCUT2D eigenvalue weighted by Crippen LogP contribution is -1.89. The molecule has 0 radical (unpaired) electrons. The summed E-state index contributed by atoms with van der Waals surface area (Å²) in [6.07, 6.45) is 3.88. The van der Waals surface area contributed by atoms with Crippen LogP contribution in [0.2, 0.25) is 0 Å². The molecule has 3 rings (SSSR count). The predicted octanol–water partition coefficient (Wildman–Crippen LogP) is 3.84. The second kappa shape index (κ2) is 3.34.